The number of hydrogen-bond donors (Lipinski definition) is 1. The molecule has 2 rings (SSSR count). The van der Waals surface area contributed by atoms with Crippen molar-refractivity contribution >= 4 is 16.0 Å². The standard InChI is InChI=1S/C12H12F3NO4S/c13-12(14,15)8-3-5-9(6-4-8)21(19,20)16-7-1-2-10(16)11(17)18/h3-6,10H,1-2,7H2,(H,17,18)/t10-/m1/s1. The van der Waals surface area contributed by atoms with Crippen LogP contribution >= 0.6 is 0 Å². The molecule has 0 amide bonds. The fourth-order valence-corrected chi connectivity index (χ4v) is 3.88. The highest BCUT2D eigenvalue weighted by atomic mass is 32.2. The predicted octanol–water partition coefficient (Wildman–Crippen LogP) is 1.94. The van der Waals surface area contributed by atoms with Crippen LogP contribution in [0.15, 0.2) is 29.2 Å². The van der Waals surface area contributed by atoms with E-state index in [-0.39, 0.29) is 17.9 Å². The second-order valence-electron chi connectivity index (χ2n) is 4.63. The average molecular weight is 323 g/mol. The predicted molar refractivity (Wildman–Crippen MR) is 66.0 cm³/mol. The average Bonchev–Trinajstić information content (AvgIpc) is 2.88. The van der Waals surface area contributed by atoms with Crippen LogP contribution in [0.3, 0.4) is 0 Å². The van der Waals surface area contributed by atoms with Crippen molar-refractivity contribution in [3.05, 3.63) is 29.8 Å². The molecule has 1 heterocycles. The zero-order valence-electron chi connectivity index (χ0n) is 10.7. The number of carboxylic acid groups (broad SMARTS) is 1. The Morgan fingerprint density at radius 3 is 2.29 bits per heavy atom. The van der Waals surface area contributed by atoms with E-state index in [4.69, 9.17) is 5.11 Å². The molecule has 0 spiro atoms. The lowest BCUT2D eigenvalue weighted by atomic mass is 10.2. The maximum atomic E-state index is 12.4. The monoisotopic (exact) mass is 323 g/mol. The molecule has 1 aliphatic rings. The van der Waals surface area contributed by atoms with E-state index >= 15 is 0 Å². The molecule has 0 aliphatic carbocycles. The Bertz CT molecular complexity index is 639. The summed E-state index contributed by atoms with van der Waals surface area (Å²) in [7, 11) is -4.11. The molecule has 1 N–H and O–H groups in total. The lowest BCUT2D eigenvalue weighted by molar-refractivity contribution is -0.140. The second-order valence-corrected chi connectivity index (χ2v) is 6.52. The van der Waals surface area contributed by atoms with E-state index in [1.807, 2.05) is 0 Å². The number of carbonyl (C=O) groups is 1. The molecule has 0 saturated carbocycles. The molecular weight excluding hydrogens is 311 g/mol. The van der Waals surface area contributed by atoms with Gasteiger partial charge in [-0.1, -0.05) is 0 Å². The minimum atomic E-state index is -4.56. The zero-order valence-corrected chi connectivity index (χ0v) is 11.5. The Morgan fingerprint density at radius 2 is 1.81 bits per heavy atom. The highest BCUT2D eigenvalue weighted by Crippen LogP contribution is 2.31. The van der Waals surface area contributed by atoms with Crippen molar-refractivity contribution in [1.82, 2.24) is 4.31 Å². The van der Waals surface area contributed by atoms with Gasteiger partial charge in [0, 0.05) is 6.54 Å². The van der Waals surface area contributed by atoms with Crippen molar-refractivity contribution in [2.45, 2.75) is 30.0 Å². The van der Waals surface area contributed by atoms with Crippen molar-refractivity contribution in [2.24, 2.45) is 0 Å². The minimum Gasteiger partial charge on any atom is -0.480 e. The van der Waals surface area contributed by atoms with Gasteiger partial charge < -0.3 is 5.11 Å². The normalized spacial score (nSPS) is 20.6. The molecule has 0 bridgehead atoms. The molecule has 0 radical (unpaired) electrons. The molecule has 1 aromatic carbocycles. The van der Waals surface area contributed by atoms with Gasteiger partial charge in [-0.3, -0.25) is 4.79 Å². The SMILES string of the molecule is O=C(O)[C@H]1CCCN1S(=O)(=O)c1ccc(C(F)(F)F)cc1. The van der Waals surface area contributed by atoms with E-state index < -0.39 is 33.8 Å². The first-order chi connectivity index (χ1) is 9.64. The molecule has 9 heteroatoms. The van der Waals surface area contributed by atoms with Crippen LogP contribution in [-0.4, -0.2) is 36.4 Å². The summed E-state index contributed by atoms with van der Waals surface area (Å²) in [4.78, 5) is 10.7. The van der Waals surface area contributed by atoms with Gasteiger partial charge >= 0.3 is 12.1 Å². The van der Waals surface area contributed by atoms with Gasteiger partial charge in [-0.2, -0.15) is 17.5 Å². The molecular formula is C12H12F3NO4S. The molecule has 1 aromatic rings. The first-order valence-corrected chi connectivity index (χ1v) is 7.50. The van der Waals surface area contributed by atoms with Gasteiger partial charge in [0.05, 0.1) is 10.5 Å². The number of sulfonamides is 1. The van der Waals surface area contributed by atoms with Gasteiger partial charge in [-0.15, -0.1) is 0 Å². The number of benzene rings is 1. The number of carboxylic acids is 1. The fraction of sp³-hybridized carbons (Fsp3) is 0.417. The molecule has 116 valence electrons. The number of alkyl halides is 3. The molecule has 21 heavy (non-hydrogen) atoms. The number of aliphatic carboxylic acids is 1. The fourth-order valence-electron chi connectivity index (χ4n) is 2.23. The zero-order chi connectivity index (χ0) is 15.8. The Kier molecular flexibility index (Phi) is 3.98. The maximum Gasteiger partial charge on any atom is 0.416 e. The summed E-state index contributed by atoms with van der Waals surface area (Å²) in [6.45, 7) is 0.0420. The molecule has 0 aromatic heterocycles. The van der Waals surface area contributed by atoms with Gasteiger partial charge in [0.2, 0.25) is 10.0 Å². The van der Waals surface area contributed by atoms with Gasteiger partial charge in [-0.25, -0.2) is 8.42 Å². The molecule has 1 saturated heterocycles. The topological polar surface area (TPSA) is 74.7 Å². The van der Waals surface area contributed by atoms with Gasteiger partial charge in [0.15, 0.2) is 0 Å². The highest BCUT2D eigenvalue weighted by Gasteiger charge is 2.39. The lowest BCUT2D eigenvalue weighted by Crippen LogP contribution is -2.40. The third-order valence-corrected chi connectivity index (χ3v) is 5.20. The maximum absolute atomic E-state index is 12.4. The van der Waals surface area contributed by atoms with Crippen LogP contribution in [0.5, 0.6) is 0 Å². The van der Waals surface area contributed by atoms with Crippen LogP contribution in [0, 0.1) is 0 Å². The molecule has 1 aliphatic heterocycles. The summed E-state index contributed by atoms with van der Waals surface area (Å²) in [5.74, 6) is -1.26. The van der Waals surface area contributed by atoms with Crippen molar-refractivity contribution in [1.29, 1.82) is 0 Å². The Morgan fingerprint density at radius 1 is 1.24 bits per heavy atom. The lowest BCUT2D eigenvalue weighted by Gasteiger charge is -2.21. The smallest absolute Gasteiger partial charge is 0.416 e. The summed E-state index contributed by atoms with van der Waals surface area (Å²) in [6.07, 6.45) is -3.97. The van der Waals surface area contributed by atoms with Gasteiger partial charge in [0.1, 0.15) is 6.04 Å². The quantitative estimate of drug-likeness (QED) is 0.922. The van der Waals surface area contributed by atoms with E-state index in [9.17, 15) is 26.4 Å². The summed E-state index contributed by atoms with van der Waals surface area (Å²) < 4.78 is 62.7. The van der Waals surface area contributed by atoms with Gasteiger partial charge in [-0.05, 0) is 37.1 Å². The van der Waals surface area contributed by atoms with Crippen LogP contribution < -0.4 is 0 Å². The largest absolute Gasteiger partial charge is 0.480 e. The summed E-state index contributed by atoms with van der Waals surface area (Å²) in [5, 5.41) is 8.99. The summed E-state index contributed by atoms with van der Waals surface area (Å²) in [6, 6.07) is 1.85. The molecule has 1 fully saturated rings. The first kappa shape index (κ1) is 15.8. The Labute approximate surface area is 119 Å². The van der Waals surface area contributed by atoms with Crippen molar-refractivity contribution in [2.75, 3.05) is 6.54 Å². The molecule has 0 unspecified atom stereocenters. The second kappa shape index (κ2) is 5.30. The Balaban J connectivity index is 2.34. The molecule has 1 atom stereocenters. The van der Waals surface area contributed by atoms with Crippen molar-refractivity contribution in [3.63, 3.8) is 0 Å². The minimum absolute atomic E-state index is 0.0420. The Hall–Kier alpha value is -1.61. The third-order valence-electron chi connectivity index (χ3n) is 3.28. The van der Waals surface area contributed by atoms with E-state index in [1.165, 1.54) is 0 Å². The van der Waals surface area contributed by atoms with E-state index in [0.717, 1.165) is 16.4 Å². The number of halogens is 3. The van der Waals surface area contributed by atoms with Crippen LogP contribution in [0.4, 0.5) is 13.2 Å². The molecule has 5 nitrogen and oxygen atoms in total. The van der Waals surface area contributed by atoms with E-state index in [1.54, 1.807) is 0 Å². The number of hydrogen-bond acceptors (Lipinski definition) is 3. The van der Waals surface area contributed by atoms with Crippen molar-refractivity contribution < 1.29 is 31.5 Å². The summed E-state index contributed by atoms with van der Waals surface area (Å²) >= 11 is 0. The van der Waals surface area contributed by atoms with Gasteiger partial charge in [0.25, 0.3) is 0 Å². The van der Waals surface area contributed by atoms with Crippen molar-refractivity contribution in [3.8, 4) is 0 Å². The first-order valence-electron chi connectivity index (χ1n) is 6.06. The van der Waals surface area contributed by atoms with Crippen LogP contribution in [-0.2, 0) is 21.0 Å². The van der Waals surface area contributed by atoms with Crippen LogP contribution in [0.1, 0.15) is 18.4 Å². The van der Waals surface area contributed by atoms with E-state index in [0.29, 0.717) is 18.6 Å². The number of nitrogens with zero attached hydrogens (tertiary/aromatic N) is 1. The highest BCUT2D eigenvalue weighted by molar-refractivity contribution is 7.89. The summed E-state index contributed by atoms with van der Waals surface area (Å²) in [5.41, 5.74) is -0.961. The number of rotatable bonds is 3. The third kappa shape index (κ3) is 3.03. The van der Waals surface area contributed by atoms with Crippen LogP contribution in [0.25, 0.3) is 0 Å². The van der Waals surface area contributed by atoms with Crippen LogP contribution in [0.2, 0.25) is 0 Å². The van der Waals surface area contributed by atoms with E-state index in [2.05, 4.69) is 0 Å².